The Morgan fingerprint density at radius 2 is 1.60 bits per heavy atom. The number of nitrogens with one attached hydrogen (secondary N) is 2. The Morgan fingerprint density at radius 1 is 1.00 bits per heavy atom. The summed E-state index contributed by atoms with van der Waals surface area (Å²) in [4.78, 5) is 10.4. The predicted molar refractivity (Wildman–Crippen MR) is 92.5 cm³/mol. The van der Waals surface area contributed by atoms with Crippen LogP contribution in [0.2, 0.25) is 0 Å². The highest BCUT2D eigenvalue weighted by Gasteiger charge is 2.21. The monoisotopic (exact) mass is 384 g/mol. The first-order valence-corrected chi connectivity index (χ1v) is 9.90. The first kappa shape index (κ1) is 18.9. The largest absolute Gasteiger partial charge is 0.326 e. The Kier molecular flexibility index (Phi) is 5.16. The molecule has 10 heteroatoms. The van der Waals surface area contributed by atoms with Crippen LogP contribution >= 0.6 is 0 Å². The normalized spacial score (nSPS) is 11.8. The lowest BCUT2D eigenvalue weighted by atomic mass is 10.2. The van der Waals surface area contributed by atoms with Crippen LogP contribution in [0.5, 0.6) is 0 Å². The van der Waals surface area contributed by atoms with Gasteiger partial charge in [0.15, 0.2) is 0 Å². The van der Waals surface area contributed by atoms with Crippen molar-refractivity contribution in [1.29, 1.82) is 0 Å². The Balaban J connectivity index is 2.51. The number of sulfonamides is 1. The average molecular weight is 384 g/mol. The molecule has 2 rings (SSSR count). The second-order valence-corrected chi connectivity index (χ2v) is 8.36. The minimum atomic E-state index is -4.68. The quantitative estimate of drug-likeness (QED) is 0.676. The summed E-state index contributed by atoms with van der Waals surface area (Å²) >= 11 is 0. The molecule has 2 aromatic rings. The van der Waals surface area contributed by atoms with Crippen LogP contribution in [0, 0.1) is 6.92 Å². The van der Waals surface area contributed by atoms with E-state index >= 15 is 0 Å². The highest BCUT2D eigenvalue weighted by molar-refractivity contribution is 7.93. The zero-order valence-electron chi connectivity index (χ0n) is 13.3. The summed E-state index contributed by atoms with van der Waals surface area (Å²) in [5.74, 6) is -0.424. The van der Waals surface area contributed by atoms with Gasteiger partial charge in [0.25, 0.3) is 20.1 Å². The molecule has 3 N–H and O–H groups in total. The maximum absolute atomic E-state index is 12.5. The van der Waals surface area contributed by atoms with Crippen molar-refractivity contribution in [2.75, 3.05) is 10.0 Å². The molecule has 0 atom stereocenters. The van der Waals surface area contributed by atoms with E-state index in [-0.39, 0.29) is 16.3 Å². The minimum Gasteiger partial charge on any atom is -0.326 e. The molecule has 0 radical (unpaired) electrons. The summed E-state index contributed by atoms with van der Waals surface area (Å²) in [5.41, 5.74) is 0.640. The van der Waals surface area contributed by atoms with Crippen molar-refractivity contribution in [3.63, 3.8) is 0 Å². The van der Waals surface area contributed by atoms with Crippen LogP contribution in [-0.4, -0.2) is 27.3 Å². The van der Waals surface area contributed by atoms with Crippen LogP contribution in [0.1, 0.15) is 12.5 Å². The van der Waals surface area contributed by atoms with Crippen LogP contribution in [0.25, 0.3) is 0 Å². The molecule has 0 bridgehead atoms. The zero-order chi connectivity index (χ0) is 18.8. The molecule has 0 saturated heterocycles. The van der Waals surface area contributed by atoms with Crippen molar-refractivity contribution < 1.29 is 26.2 Å². The molecular formula is C15H16N2O6S2. The van der Waals surface area contributed by atoms with Gasteiger partial charge in [0.05, 0.1) is 10.6 Å². The zero-order valence-corrected chi connectivity index (χ0v) is 15.0. The molecule has 0 aliphatic rings. The van der Waals surface area contributed by atoms with E-state index in [0.717, 1.165) is 17.7 Å². The smallest absolute Gasteiger partial charge is 0.296 e. The number of amides is 1. The van der Waals surface area contributed by atoms with Gasteiger partial charge in [-0.1, -0.05) is 17.7 Å². The summed E-state index contributed by atoms with van der Waals surface area (Å²) in [6.07, 6.45) is 0. The summed E-state index contributed by atoms with van der Waals surface area (Å²) in [5, 5.41) is 2.41. The SMILES string of the molecule is CC(=O)Nc1ccc(S(=O)(=O)O)c(NS(=O)(=O)c2ccc(C)cc2)c1. The van der Waals surface area contributed by atoms with Gasteiger partial charge in [-0.3, -0.25) is 14.1 Å². The topological polar surface area (TPSA) is 130 Å². The molecule has 8 nitrogen and oxygen atoms in total. The number of hydrogen-bond donors (Lipinski definition) is 3. The van der Waals surface area contributed by atoms with Gasteiger partial charge < -0.3 is 5.32 Å². The Labute approximate surface area is 145 Å². The number of carbonyl (C=O) groups is 1. The number of anilines is 2. The number of benzene rings is 2. The second kappa shape index (κ2) is 6.82. The van der Waals surface area contributed by atoms with Crippen LogP contribution in [0.3, 0.4) is 0 Å². The molecule has 0 unspecified atom stereocenters. The predicted octanol–water partition coefficient (Wildman–Crippen LogP) is 2.00. The second-order valence-electron chi connectivity index (χ2n) is 5.29. The Morgan fingerprint density at radius 3 is 2.12 bits per heavy atom. The molecule has 0 saturated carbocycles. The van der Waals surface area contributed by atoms with E-state index in [1.165, 1.54) is 25.1 Å². The van der Waals surface area contributed by atoms with E-state index in [1.54, 1.807) is 19.1 Å². The molecule has 0 aliphatic heterocycles. The van der Waals surface area contributed by atoms with Crippen molar-refractivity contribution >= 4 is 37.4 Å². The molecule has 25 heavy (non-hydrogen) atoms. The average Bonchev–Trinajstić information content (AvgIpc) is 2.45. The minimum absolute atomic E-state index is 0.0793. The summed E-state index contributed by atoms with van der Waals surface area (Å²) < 4.78 is 59.3. The molecular weight excluding hydrogens is 368 g/mol. The number of carbonyl (C=O) groups excluding carboxylic acids is 1. The lowest BCUT2D eigenvalue weighted by Gasteiger charge is -2.13. The molecule has 0 spiro atoms. The number of hydrogen-bond acceptors (Lipinski definition) is 5. The van der Waals surface area contributed by atoms with Crippen molar-refractivity contribution in [2.45, 2.75) is 23.6 Å². The van der Waals surface area contributed by atoms with Gasteiger partial charge in [-0.05, 0) is 37.3 Å². The van der Waals surface area contributed by atoms with Crippen LogP contribution in [0.15, 0.2) is 52.3 Å². The van der Waals surface area contributed by atoms with E-state index in [0.29, 0.717) is 0 Å². The van der Waals surface area contributed by atoms with Gasteiger partial charge >= 0.3 is 0 Å². The highest BCUT2D eigenvalue weighted by Crippen LogP contribution is 2.27. The molecule has 0 fully saturated rings. The fraction of sp³-hybridized carbons (Fsp3) is 0.133. The van der Waals surface area contributed by atoms with Crippen molar-refractivity contribution in [1.82, 2.24) is 0 Å². The summed E-state index contributed by atoms with van der Waals surface area (Å²) in [6.45, 7) is 3.03. The van der Waals surface area contributed by atoms with Gasteiger partial charge in [-0.15, -0.1) is 0 Å². The maximum atomic E-state index is 12.5. The lowest BCUT2D eigenvalue weighted by Crippen LogP contribution is -2.16. The fourth-order valence-electron chi connectivity index (χ4n) is 2.04. The van der Waals surface area contributed by atoms with E-state index in [4.69, 9.17) is 0 Å². The molecule has 2 aromatic carbocycles. The van der Waals surface area contributed by atoms with Crippen molar-refractivity contribution in [3.8, 4) is 0 Å². The van der Waals surface area contributed by atoms with Crippen LogP contribution < -0.4 is 10.0 Å². The summed E-state index contributed by atoms with van der Waals surface area (Å²) in [6, 6.07) is 9.24. The first-order chi connectivity index (χ1) is 11.5. The molecule has 0 aromatic heterocycles. The Hall–Kier alpha value is -2.43. The van der Waals surface area contributed by atoms with E-state index in [2.05, 4.69) is 10.0 Å². The third kappa shape index (κ3) is 4.78. The number of rotatable bonds is 5. The molecule has 0 heterocycles. The van der Waals surface area contributed by atoms with Gasteiger partial charge in [0, 0.05) is 12.6 Å². The summed E-state index contributed by atoms with van der Waals surface area (Å²) in [7, 11) is -8.78. The van der Waals surface area contributed by atoms with E-state index in [1.807, 2.05) is 0 Å². The lowest BCUT2D eigenvalue weighted by molar-refractivity contribution is -0.114. The number of aryl methyl sites for hydroxylation is 1. The van der Waals surface area contributed by atoms with Crippen molar-refractivity contribution in [2.24, 2.45) is 0 Å². The molecule has 134 valence electrons. The van der Waals surface area contributed by atoms with Crippen LogP contribution in [-0.2, 0) is 24.9 Å². The Bertz CT molecular complexity index is 1010. The van der Waals surface area contributed by atoms with Gasteiger partial charge in [0.2, 0.25) is 5.91 Å². The van der Waals surface area contributed by atoms with Gasteiger partial charge in [-0.2, -0.15) is 8.42 Å². The third-order valence-electron chi connectivity index (χ3n) is 3.15. The van der Waals surface area contributed by atoms with E-state index < -0.39 is 30.9 Å². The third-order valence-corrected chi connectivity index (χ3v) is 5.45. The highest BCUT2D eigenvalue weighted by atomic mass is 32.2. The van der Waals surface area contributed by atoms with Gasteiger partial charge in [-0.25, -0.2) is 8.42 Å². The molecule has 0 aliphatic carbocycles. The molecule has 1 amide bonds. The maximum Gasteiger partial charge on any atom is 0.296 e. The van der Waals surface area contributed by atoms with Crippen LogP contribution in [0.4, 0.5) is 11.4 Å². The van der Waals surface area contributed by atoms with Crippen molar-refractivity contribution in [3.05, 3.63) is 48.0 Å². The first-order valence-electron chi connectivity index (χ1n) is 6.98. The fourth-order valence-corrected chi connectivity index (χ4v) is 3.80. The van der Waals surface area contributed by atoms with E-state index in [9.17, 15) is 26.2 Å². The standard InChI is InChI=1S/C15H16N2O6S2/c1-10-3-6-13(7-4-10)24(19,20)17-14-9-12(16-11(2)18)5-8-15(14)25(21,22)23/h3-9,17H,1-2H3,(H,16,18)(H,21,22,23). The van der Waals surface area contributed by atoms with Gasteiger partial charge in [0.1, 0.15) is 4.90 Å².